The van der Waals surface area contributed by atoms with Crippen LogP contribution in [0.2, 0.25) is 0 Å². The number of rotatable bonds is 8. The number of fused-ring (bicyclic) bond motifs is 1. The summed E-state index contributed by atoms with van der Waals surface area (Å²) >= 11 is 0. The third-order valence-corrected chi connectivity index (χ3v) is 4.48. The van der Waals surface area contributed by atoms with Crippen LogP contribution < -0.4 is 5.32 Å². The molecule has 0 radical (unpaired) electrons. The first kappa shape index (κ1) is 17.6. The van der Waals surface area contributed by atoms with Gasteiger partial charge in [-0.3, -0.25) is 4.79 Å². The van der Waals surface area contributed by atoms with E-state index in [4.69, 9.17) is 9.84 Å². The number of amides is 1. The third kappa shape index (κ3) is 3.91. The molecule has 0 unspecified atom stereocenters. The standard InChI is InChI=1S/C19H25N3O3/c1-14-6-2-3-8-16(14)22-17-9-4-7-15(17)18(21-22)19(24)20-10-5-12-25-13-11-23/h2-3,6,8,23H,4-5,7,9-13H2,1H3,(H,20,24). The zero-order valence-corrected chi connectivity index (χ0v) is 14.6. The summed E-state index contributed by atoms with van der Waals surface area (Å²) in [5.74, 6) is -0.118. The molecular weight excluding hydrogens is 318 g/mol. The second kappa shape index (κ2) is 8.27. The Kier molecular flexibility index (Phi) is 5.83. The van der Waals surface area contributed by atoms with Gasteiger partial charge in [0.15, 0.2) is 5.69 Å². The van der Waals surface area contributed by atoms with Gasteiger partial charge in [-0.15, -0.1) is 0 Å². The minimum atomic E-state index is -0.118. The van der Waals surface area contributed by atoms with Gasteiger partial charge in [-0.2, -0.15) is 5.10 Å². The first-order valence-corrected chi connectivity index (χ1v) is 8.86. The summed E-state index contributed by atoms with van der Waals surface area (Å²) in [7, 11) is 0. The largest absolute Gasteiger partial charge is 0.394 e. The fraction of sp³-hybridized carbons (Fsp3) is 0.474. The van der Waals surface area contributed by atoms with Crippen LogP contribution in [0.3, 0.4) is 0 Å². The number of benzene rings is 1. The summed E-state index contributed by atoms with van der Waals surface area (Å²) in [5, 5.41) is 16.2. The van der Waals surface area contributed by atoms with Crippen LogP contribution in [0.5, 0.6) is 0 Å². The van der Waals surface area contributed by atoms with Gasteiger partial charge in [0.05, 0.1) is 18.9 Å². The van der Waals surface area contributed by atoms with E-state index in [1.807, 2.05) is 22.9 Å². The summed E-state index contributed by atoms with van der Waals surface area (Å²) in [6.07, 6.45) is 3.64. The summed E-state index contributed by atoms with van der Waals surface area (Å²) in [6.45, 7) is 3.48. The molecule has 0 aliphatic heterocycles. The van der Waals surface area contributed by atoms with Gasteiger partial charge in [0, 0.05) is 24.4 Å². The Hall–Kier alpha value is -2.18. The van der Waals surface area contributed by atoms with E-state index in [0.717, 1.165) is 41.8 Å². The number of para-hydroxylation sites is 1. The maximum absolute atomic E-state index is 12.6. The Balaban J connectivity index is 1.71. The zero-order valence-electron chi connectivity index (χ0n) is 14.6. The number of hydrogen-bond acceptors (Lipinski definition) is 4. The monoisotopic (exact) mass is 343 g/mol. The fourth-order valence-corrected chi connectivity index (χ4v) is 3.25. The smallest absolute Gasteiger partial charge is 0.272 e. The van der Waals surface area contributed by atoms with Gasteiger partial charge in [-0.1, -0.05) is 18.2 Å². The topological polar surface area (TPSA) is 76.4 Å². The molecule has 1 aliphatic carbocycles. The van der Waals surface area contributed by atoms with E-state index >= 15 is 0 Å². The van der Waals surface area contributed by atoms with Crippen molar-refractivity contribution in [3.05, 3.63) is 46.8 Å². The van der Waals surface area contributed by atoms with E-state index in [-0.39, 0.29) is 12.5 Å². The number of ether oxygens (including phenoxy) is 1. The van der Waals surface area contributed by atoms with E-state index in [2.05, 4.69) is 23.4 Å². The van der Waals surface area contributed by atoms with Gasteiger partial charge in [0.2, 0.25) is 0 Å². The van der Waals surface area contributed by atoms with Gasteiger partial charge in [-0.05, 0) is 44.2 Å². The van der Waals surface area contributed by atoms with Crippen LogP contribution in [0.1, 0.15) is 40.2 Å². The van der Waals surface area contributed by atoms with Gasteiger partial charge in [-0.25, -0.2) is 4.68 Å². The molecule has 134 valence electrons. The molecule has 1 aromatic carbocycles. The SMILES string of the molecule is Cc1ccccc1-n1nc(C(=O)NCCCOCCO)c2c1CCC2. The molecule has 2 N–H and O–H groups in total. The Morgan fingerprint density at radius 2 is 2.16 bits per heavy atom. The van der Waals surface area contributed by atoms with Gasteiger partial charge < -0.3 is 15.2 Å². The van der Waals surface area contributed by atoms with Gasteiger partial charge in [0.25, 0.3) is 5.91 Å². The average Bonchev–Trinajstić information content (AvgIpc) is 3.21. The van der Waals surface area contributed by atoms with Crippen LogP contribution in [0.25, 0.3) is 5.69 Å². The van der Waals surface area contributed by atoms with Crippen molar-refractivity contribution >= 4 is 5.91 Å². The molecule has 0 bridgehead atoms. The van der Waals surface area contributed by atoms with Crippen molar-refractivity contribution in [3.63, 3.8) is 0 Å². The van der Waals surface area contributed by atoms with E-state index in [0.29, 0.717) is 31.9 Å². The van der Waals surface area contributed by atoms with Crippen molar-refractivity contribution in [1.29, 1.82) is 0 Å². The van der Waals surface area contributed by atoms with Crippen molar-refractivity contribution in [2.24, 2.45) is 0 Å². The molecule has 1 heterocycles. The zero-order chi connectivity index (χ0) is 17.6. The van der Waals surface area contributed by atoms with Crippen molar-refractivity contribution in [3.8, 4) is 5.69 Å². The minimum Gasteiger partial charge on any atom is -0.394 e. The highest BCUT2D eigenvalue weighted by molar-refractivity contribution is 5.94. The van der Waals surface area contributed by atoms with E-state index in [1.165, 1.54) is 0 Å². The molecule has 1 amide bonds. The number of hydrogen-bond donors (Lipinski definition) is 2. The summed E-state index contributed by atoms with van der Waals surface area (Å²) in [6, 6.07) is 8.11. The lowest BCUT2D eigenvalue weighted by atomic mass is 10.2. The molecule has 2 aromatic rings. The van der Waals surface area contributed by atoms with Crippen molar-refractivity contribution in [1.82, 2.24) is 15.1 Å². The molecule has 0 fully saturated rings. The lowest BCUT2D eigenvalue weighted by Gasteiger charge is -2.08. The normalized spacial score (nSPS) is 13.0. The second-order valence-corrected chi connectivity index (χ2v) is 6.27. The lowest BCUT2D eigenvalue weighted by Crippen LogP contribution is -2.26. The van der Waals surface area contributed by atoms with E-state index in [9.17, 15) is 4.79 Å². The average molecular weight is 343 g/mol. The van der Waals surface area contributed by atoms with Crippen LogP contribution in [0.4, 0.5) is 0 Å². The second-order valence-electron chi connectivity index (χ2n) is 6.27. The number of nitrogens with zero attached hydrogens (tertiary/aromatic N) is 2. The number of carbonyl (C=O) groups excluding carboxylic acids is 1. The van der Waals surface area contributed by atoms with Crippen LogP contribution in [-0.4, -0.2) is 47.2 Å². The predicted octanol–water partition coefficient (Wildman–Crippen LogP) is 1.80. The first-order valence-electron chi connectivity index (χ1n) is 8.86. The molecule has 6 nitrogen and oxygen atoms in total. The number of aliphatic hydroxyl groups is 1. The Bertz CT molecular complexity index is 740. The van der Waals surface area contributed by atoms with E-state index in [1.54, 1.807) is 0 Å². The van der Waals surface area contributed by atoms with Crippen LogP contribution in [0.15, 0.2) is 24.3 Å². The van der Waals surface area contributed by atoms with E-state index < -0.39 is 0 Å². The van der Waals surface area contributed by atoms with Gasteiger partial charge in [0.1, 0.15) is 0 Å². The molecule has 0 atom stereocenters. The van der Waals surface area contributed by atoms with Crippen LogP contribution in [0, 0.1) is 6.92 Å². The summed E-state index contributed by atoms with van der Waals surface area (Å²) < 4.78 is 7.14. The predicted molar refractivity (Wildman–Crippen MR) is 95.2 cm³/mol. The molecule has 25 heavy (non-hydrogen) atoms. The maximum atomic E-state index is 12.6. The Morgan fingerprint density at radius 1 is 1.32 bits per heavy atom. The quantitative estimate of drug-likeness (QED) is 0.717. The van der Waals surface area contributed by atoms with Crippen molar-refractivity contribution in [2.75, 3.05) is 26.4 Å². The third-order valence-electron chi connectivity index (χ3n) is 4.48. The molecular formula is C19H25N3O3. The number of aromatic nitrogens is 2. The van der Waals surface area contributed by atoms with Crippen molar-refractivity contribution in [2.45, 2.75) is 32.6 Å². The maximum Gasteiger partial charge on any atom is 0.272 e. The summed E-state index contributed by atoms with van der Waals surface area (Å²) in [5.41, 5.74) is 4.97. The number of nitrogens with one attached hydrogen (secondary N) is 1. The molecule has 0 saturated carbocycles. The van der Waals surface area contributed by atoms with Crippen LogP contribution >= 0.6 is 0 Å². The molecule has 3 rings (SSSR count). The Morgan fingerprint density at radius 3 is 2.96 bits per heavy atom. The number of carbonyl (C=O) groups is 1. The lowest BCUT2D eigenvalue weighted by molar-refractivity contribution is 0.0865. The Labute approximate surface area is 147 Å². The first-order chi connectivity index (χ1) is 12.2. The number of aryl methyl sites for hydroxylation is 1. The molecule has 0 spiro atoms. The fourth-order valence-electron chi connectivity index (χ4n) is 3.25. The highest BCUT2D eigenvalue weighted by Crippen LogP contribution is 2.28. The highest BCUT2D eigenvalue weighted by atomic mass is 16.5. The molecule has 0 saturated heterocycles. The van der Waals surface area contributed by atoms with Crippen molar-refractivity contribution < 1.29 is 14.6 Å². The molecule has 1 aromatic heterocycles. The summed E-state index contributed by atoms with van der Waals surface area (Å²) in [4.78, 5) is 12.6. The number of aliphatic hydroxyl groups excluding tert-OH is 1. The van der Waals surface area contributed by atoms with Crippen LogP contribution in [-0.2, 0) is 17.6 Å². The minimum absolute atomic E-state index is 0.0227. The molecule has 1 aliphatic rings. The van der Waals surface area contributed by atoms with Gasteiger partial charge >= 0.3 is 0 Å². The molecule has 6 heteroatoms. The highest BCUT2D eigenvalue weighted by Gasteiger charge is 2.27.